The first-order chi connectivity index (χ1) is 11.7. The molecule has 0 aliphatic carbocycles. The van der Waals surface area contributed by atoms with Crippen LogP contribution in [-0.4, -0.2) is 63.2 Å². The highest BCUT2D eigenvalue weighted by molar-refractivity contribution is 14.0. The fraction of sp³-hybridized carbons (Fsp3) is 0.556. The summed E-state index contributed by atoms with van der Waals surface area (Å²) in [7, 11) is 1.62. The van der Waals surface area contributed by atoms with Gasteiger partial charge in [-0.15, -0.1) is 24.0 Å². The van der Waals surface area contributed by atoms with Crippen molar-refractivity contribution in [2.75, 3.05) is 46.4 Å². The fourth-order valence-corrected chi connectivity index (χ4v) is 2.87. The predicted octanol–water partition coefficient (Wildman–Crippen LogP) is 1.82. The van der Waals surface area contributed by atoms with E-state index in [-0.39, 0.29) is 36.4 Å². The Bertz CT molecular complexity index is 539. The van der Waals surface area contributed by atoms with E-state index in [0.717, 1.165) is 32.0 Å². The predicted molar refractivity (Wildman–Crippen MR) is 112 cm³/mol. The molecule has 1 aromatic rings. The molecule has 1 aliphatic heterocycles. The van der Waals surface area contributed by atoms with Crippen LogP contribution in [0.3, 0.4) is 0 Å². The smallest absolute Gasteiger partial charge is 0.241 e. The molecule has 140 valence electrons. The summed E-state index contributed by atoms with van der Waals surface area (Å²) >= 11 is 0. The van der Waals surface area contributed by atoms with Crippen LogP contribution in [0.2, 0.25) is 0 Å². The van der Waals surface area contributed by atoms with Gasteiger partial charge in [-0.1, -0.05) is 30.3 Å². The second-order valence-electron chi connectivity index (χ2n) is 5.86. The Kier molecular flexibility index (Phi) is 10.5. The topological polar surface area (TPSA) is 66.0 Å². The molecular weight excluding hydrogens is 431 g/mol. The molecule has 0 saturated carbocycles. The number of carbonyl (C=O) groups excluding carboxylic acids is 1. The fourth-order valence-electron chi connectivity index (χ4n) is 2.87. The van der Waals surface area contributed by atoms with E-state index in [4.69, 9.17) is 4.74 Å². The van der Waals surface area contributed by atoms with Crippen molar-refractivity contribution in [3.05, 3.63) is 35.9 Å². The highest BCUT2D eigenvalue weighted by Crippen LogP contribution is 2.26. The molecule has 6 nitrogen and oxygen atoms in total. The number of hydrogen-bond acceptors (Lipinski definition) is 3. The van der Waals surface area contributed by atoms with E-state index in [0.29, 0.717) is 19.1 Å². The molecule has 1 aliphatic rings. The Balaban J connectivity index is 0.00000312. The molecule has 1 amide bonds. The molecule has 1 saturated heterocycles. The molecule has 1 atom stereocenters. The van der Waals surface area contributed by atoms with Gasteiger partial charge in [0.25, 0.3) is 0 Å². The number of nitrogens with one attached hydrogen (secondary N) is 2. The molecule has 1 aromatic carbocycles. The number of hydrogen-bond donors (Lipinski definition) is 2. The quantitative estimate of drug-likeness (QED) is 0.282. The van der Waals surface area contributed by atoms with Crippen LogP contribution in [0.4, 0.5) is 0 Å². The van der Waals surface area contributed by atoms with Crippen LogP contribution in [-0.2, 0) is 9.53 Å². The van der Waals surface area contributed by atoms with Crippen molar-refractivity contribution < 1.29 is 9.53 Å². The van der Waals surface area contributed by atoms with E-state index < -0.39 is 0 Å². The standard InChI is InChI=1S/C18H28N4O2.HI/c1-3-19-18(21-13-17(23)20-10-12-24-2)22-11-9-16(14-22)15-7-5-4-6-8-15;/h4-8,16H,3,9-14H2,1-2H3,(H,19,21)(H,20,23);1H. The number of amides is 1. The van der Waals surface area contributed by atoms with Crippen molar-refractivity contribution in [2.24, 2.45) is 4.99 Å². The minimum atomic E-state index is -0.0822. The maximum absolute atomic E-state index is 11.8. The Hall–Kier alpha value is -1.35. The normalized spacial score (nSPS) is 17.1. The Morgan fingerprint density at radius 1 is 1.32 bits per heavy atom. The number of aliphatic imine (C=N–C) groups is 1. The zero-order chi connectivity index (χ0) is 17.2. The number of methoxy groups -OCH3 is 1. The Morgan fingerprint density at radius 2 is 2.08 bits per heavy atom. The number of ether oxygens (including phenoxy) is 1. The van der Waals surface area contributed by atoms with Gasteiger partial charge in [-0.05, 0) is 18.9 Å². The Labute approximate surface area is 167 Å². The van der Waals surface area contributed by atoms with Crippen LogP contribution in [0.5, 0.6) is 0 Å². The van der Waals surface area contributed by atoms with Crippen LogP contribution in [0, 0.1) is 0 Å². The lowest BCUT2D eigenvalue weighted by Crippen LogP contribution is -2.41. The van der Waals surface area contributed by atoms with Crippen LogP contribution < -0.4 is 10.6 Å². The summed E-state index contributed by atoms with van der Waals surface area (Å²) in [5, 5.41) is 6.08. The zero-order valence-corrected chi connectivity index (χ0v) is 17.4. The van der Waals surface area contributed by atoms with Gasteiger partial charge in [0.2, 0.25) is 5.91 Å². The lowest BCUT2D eigenvalue weighted by molar-refractivity contribution is -0.119. The molecular formula is C18H29IN4O2. The minimum absolute atomic E-state index is 0. The first kappa shape index (κ1) is 21.7. The van der Waals surface area contributed by atoms with Gasteiger partial charge in [0, 0.05) is 39.2 Å². The van der Waals surface area contributed by atoms with Crippen LogP contribution in [0.25, 0.3) is 0 Å². The average Bonchev–Trinajstić information content (AvgIpc) is 3.09. The maximum Gasteiger partial charge on any atom is 0.241 e. The van der Waals surface area contributed by atoms with Gasteiger partial charge < -0.3 is 20.3 Å². The minimum Gasteiger partial charge on any atom is -0.383 e. The summed E-state index contributed by atoms with van der Waals surface area (Å²) in [6, 6.07) is 10.6. The van der Waals surface area contributed by atoms with Gasteiger partial charge in [0.15, 0.2) is 5.96 Å². The molecule has 25 heavy (non-hydrogen) atoms. The van der Waals surface area contributed by atoms with Crippen molar-refractivity contribution in [3.63, 3.8) is 0 Å². The molecule has 1 fully saturated rings. The summed E-state index contributed by atoms with van der Waals surface area (Å²) in [4.78, 5) is 18.5. The molecule has 0 bridgehead atoms. The molecule has 0 aromatic heterocycles. The molecule has 2 rings (SSSR count). The first-order valence-corrected chi connectivity index (χ1v) is 8.58. The number of halogens is 1. The summed E-state index contributed by atoms with van der Waals surface area (Å²) in [5.74, 6) is 1.25. The van der Waals surface area contributed by atoms with Crippen molar-refractivity contribution in [3.8, 4) is 0 Å². The SMILES string of the molecule is CCNC(=NCC(=O)NCCOC)N1CCC(c2ccccc2)C1.I. The molecule has 2 N–H and O–H groups in total. The van der Waals surface area contributed by atoms with Gasteiger partial charge in [-0.2, -0.15) is 0 Å². The third-order valence-electron chi connectivity index (χ3n) is 4.09. The lowest BCUT2D eigenvalue weighted by atomic mass is 9.99. The molecule has 0 radical (unpaired) electrons. The van der Waals surface area contributed by atoms with E-state index in [1.165, 1.54) is 5.56 Å². The summed E-state index contributed by atoms with van der Waals surface area (Å²) in [6.45, 7) is 5.88. The second kappa shape index (κ2) is 12.1. The monoisotopic (exact) mass is 460 g/mol. The number of benzene rings is 1. The summed E-state index contributed by atoms with van der Waals surface area (Å²) in [5.41, 5.74) is 1.37. The highest BCUT2D eigenvalue weighted by atomic mass is 127. The van der Waals surface area contributed by atoms with Crippen LogP contribution in [0.15, 0.2) is 35.3 Å². The lowest BCUT2D eigenvalue weighted by Gasteiger charge is -2.21. The van der Waals surface area contributed by atoms with E-state index >= 15 is 0 Å². The van der Waals surface area contributed by atoms with Crippen LogP contribution in [0.1, 0.15) is 24.8 Å². The molecule has 1 unspecified atom stereocenters. The van der Waals surface area contributed by atoms with E-state index in [9.17, 15) is 4.79 Å². The third kappa shape index (κ3) is 7.19. The second-order valence-corrected chi connectivity index (χ2v) is 5.86. The number of carbonyl (C=O) groups is 1. The van der Waals surface area contributed by atoms with Crippen molar-refractivity contribution >= 4 is 35.8 Å². The van der Waals surface area contributed by atoms with Crippen molar-refractivity contribution in [1.82, 2.24) is 15.5 Å². The van der Waals surface area contributed by atoms with Gasteiger partial charge in [-0.25, -0.2) is 4.99 Å². The first-order valence-electron chi connectivity index (χ1n) is 8.58. The Morgan fingerprint density at radius 3 is 2.76 bits per heavy atom. The van der Waals surface area contributed by atoms with Crippen molar-refractivity contribution in [2.45, 2.75) is 19.3 Å². The van der Waals surface area contributed by atoms with Gasteiger partial charge in [0.1, 0.15) is 6.54 Å². The molecule has 1 heterocycles. The van der Waals surface area contributed by atoms with E-state index in [1.807, 2.05) is 13.0 Å². The third-order valence-corrected chi connectivity index (χ3v) is 4.09. The molecule has 7 heteroatoms. The largest absolute Gasteiger partial charge is 0.383 e. The van der Waals surface area contributed by atoms with E-state index in [1.54, 1.807) is 7.11 Å². The maximum atomic E-state index is 11.8. The zero-order valence-electron chi connectivity index (χ0n) is 15.0. The van der Waals surface area contributed by atoms with Gasteiger partial charge >= 0.3 is 0 Å². The summed E-state index contributed by atoms with van der Waals surface area (Å²) in [6.07, 6.45) is 1.11. The van der Waals surface area contributed by atoms with E-state index in [2.05, 4.69) is 44.8 Å². The van der Waals surface area contributed by atoms with Crippen LogP contribution >= 0.6 is 24.0 Å². The number of guanidine groups is 1. The average molecular weight is 460 g/mol. The van der Waals surface area contributed by atoms with Gasteiger partial charge in [0.05, 0.1) is 6.61 Å². The molecule has 0 spiro atoms. The summed E-state index contributed by atoms with van der Waals surface area (Å²) < 4.78 is 4.92. The number of nitrogens with zero attached hydrogens (tertiary/aromatic N) is 2. The van der Waals surface area contributed by atoms with Crippen molar-refractivity contribution in [1.29, 1.82) is 0 Å². The highest BCUT2D eigenvalue weighted by Gasteiger charge is 2.25. The number of likely N-dealkylation sites (tertiary alicyclic amines) is 1. The van der Waals surface area contributed by atoms with Gasteiger partial charge in [-0.3, -0.25) is 4.79 Å². The number of rotatable bonds is 7.